The Morgan fingerprint density at radius 3 is 2.67 bits per heavy atom. The van der Waals surface area contributed by atoms with Crippen LogP contribution in [0.15, 0.2) is 73.3 Å². The minimum Gasteiger partial charge on any atom is -0.493 e. The Labute approximate surface area is 172 Å². The number of nitrogens with one attached hydrogen (secondary N) is 2. The first-order chi connectivity index (χ1) is 14.6. The van der Waals surface area contributed by atoms with E-state index >= 15 is 0 Å². The second kappa shape index (κ2) is 8.36. The maximum atomic E-state index is 12.4. The van der Waals surface area contributed by atoms with Gasteiger partial charge in [0.15, 0.2) is 0 Å². The first-order valence-corrected chi connectivity index (χ1v) is 9.16. The van der Waals surface area contributed by atoms with Crippen LogP contribution in [0, 0.1) is 6.92 Å². The largest absolute Gasteiger partial charge is 0.493 e. The molecule has 1 aromatic carbocycles. The van der Waals surface area contributed by atoms with Crippen molar-refractivity contribution < 1.29 is 9.90 Å². The van der Waals surface area contributed by atoms with Crippen molar-refractivity contribution in [3.63, 3.8) is 0 Å². The number of rotatable bonds is 5. The Bertz CT molecular complexity index is 1180. The number of amides is 1. The van der Waals surface area contributed by atoms with Crippen molar-refractivity contribution >= 4 is 23.2 Å². The Kier molecular flexibility index (Phi) is 5.29. The Hall–Kier alpha value is -4.33. The fraction of sp³-hybridized carbons (Fsp3) is 0.0455. The third-order valence-corrected chi connectivity index (χ3v) is 4.36. The molecule has 0 aliphatic carbocycles. The summed E-state index contributed by atoms with van der Waals surface area (Å²) in [5.41, 5.74) is 4.32. The second-order valence-electron chi connectivity index (χ2n) is 6.52. The third-order valence-electron chi connectivity index (χ3n) is 4.36. The lowest BCUT2D eigenvalue weighted by Gasteiger charge is -2.12. The molecule has 3 N–H and O–H groups in total. The molecule has 3 aromatic heterocycles. The zero-order valence-corrected chi connectivity index (χ0v) is 16.1. The van der Waals surface area contributed by atoms with Crippen molar-refractivity contribution in [3.05, 3.63) is 84.4 Å². The normalized spacial score (nSPS) is 10.4. The molecule has 30 heavy (non-hydrogen) atoms. The molecule has 4 aromatic rings. The summed E-state index contributed by atoms with van der Waals surface area (Å²) in [7, 11) is 0. The molecule has 0 radical (unpaired) electrons. The molecular weight excluding hydrogens is 380 g/mol. The van der Waals surface area contributed by atoms with Crippen LogP contribution >= 0.6 is 0 Å². The van der Waals surface area contributed by atoms with Gasteiger partial charge in [0.25, 0.3) is 5.91 Å². The van der Waals surface area contributed by atoms with E-state index in [2.05, 4.69) is 30.6 Å². The summed E-state index contributed by atoms with van der Waals surface area (Å²) >= 11 is 0. The minimum absolute atomic E-state index is 0.137. The van der Waals surface area contributed by atoms with Crippen molar-refractivity contribution in [2.45, 2.75) is 6.92 Å². The van der Waals surface area contributed by atoms with E-state index in [0.29, 0.717) is 17.2 Å². The predicted octanol–water partition coefficient (Wildman–Crippen LogP) is 3.94. The van der Waals surface area contributed by atoms with Crippen molar-refractivity contribution in [2.75, 3.05) is 10.6 Å². The lowest BCUT2D eigenvalue weighted by molar-refractivity contribution is 0.102. The maximum Gasteiger partial charge on any atom is 0.257 e. The number of aromatic hydroxyl groups is 1. The van der Waals surface area contributed by atoms with E-state index in [4.69, 9.17) is 0 Å². The predicted molar refractivity (Wildman–Crippen MR) is 114 cm³/mol. The van der Waals surface area contributed by atoms with Gasteiger partial charge in [0.1, 0.15) is 0 Å². The molecule has 8 heteroatoms. The molecular formula is C22H18N6O2. The summed E-state index contributed by atoms with van der Waals surface area (Å²) in [6.07, 6.45) is 6.44. The summed E-state index contributed by atoms with van der Waals surface area (Å²) in [5, 5.41) is 15.3. The van der Waals surface area contributed by atoms with Crippen LogP contribution in [0.1, 0.15) is 15.9 Å². The highest BCUT2D eigenvalue weighted by atomic mass is 16.3. The quantitative estimate of drug-likeness (QED) is 0.467. The van der Waals surface area contributed by atoms with Crippen molar-refractivity contribution in [1.29, 1.82) is 0 Å². The van der Waals surface area contributed by atoms with Gasteiger partial charge in [-0.25, -0.2) is 15.0 Å². The first-order valence-electron chi connectivity index (χ1n) is 9.16. The summed E-state index contributed by atoms with van der Waals surface area (Å²) < 4.78 is 0. The molecule has 0 aliphatic rings. The van der Waals surface area contributed by atoms with Gasteiger partial charge in [0, 0.05) is 47.8 Å². The van der Waals surface area contributed by atoms with Crippen molar-refractivity contribution in [1.82, 2.24) is 19.9 Å². The molecule has 148 valence electrons. The highest BCUT2D eigenvalue weighted by Crippen LogP contribution is 2.24. The fourth-order valence-corrected chi connectivity index (χ4v) is 2.77. The lowest BCUT2D eigenvalue weighted by Crippen LogP contribution is -2.12. The van der Waals surface area contributed by atoms with Crippen LogP contribution in [0.2, 0.25) is 0 Å². The Morgan fingerprint density at radius 2 is 1.90 bits per heavy atom. The average molecular weight is 398 g/mol. The van der Waals surface area contributed by atoms with Crippen LogP contribution in [0.3, 0.4) is 0 Å². The monoisotopic (exact) mass is 398 g/mol. The smallest absolute Gasteiger partial charge is 0.257 e. The molecule has 0 atom stereocenters. The van der Waals surface area contributed by atoms with Gasteiger partial charge in [-0.2, -0.15) is 0 Å². The Morgan fingerprint density at radius 1 is 1.00 bits per heavy atom. The molecule has 0 unspecified atom stereocenters. The van der Waals surface area contributed by atoms with Gasteiger partial charge >= 0.3 is 0 Å². The van der Waals surface area contributed by atoms with Crippen LogP contribution in [-0.4, -0.2) is 30.9 Å². The molecule has 4 rings (SSSR count). The van der Waals surface area contributed by atoms with Gasteiger partial charge in [0.2, 0.25) is 11.8 Å². The maximum absolute atomic E-state index is 12.4. The van der Waals surface area contributed by atoms with E-state index in [-0.39, 0.29) is 11.8 Å². The Balaban J connectivity index is 1.54. The number of hydrogen-bond acceptors (Lipinski definition) is 7. The van der Waals surface area contributed by atoms with Gasteiger partial charge < -0.3 is 15.7 Å². The zero-order valence-electron chi connectivity index (χ0n) is 16.1. The summed E-state index contributed by atoms with van der Waals surface area (Å²) in [6.45, 7) is 1.95. The number of benzene rings is 1. The van der Waals surface area contributed by atoms with Crippen molar-refractivity contribution in [3.8, 4) is 17.1 Å². The first kappa shape index (κ1) is 19.0. The van der Waals surface area contributed by atoms with Gasteiger partial charge in [-0.3, -0.25) is 9.78 Å². The summed E-state index contributed by atoms with van der Waals surface area (Å²) in [4.78, 5) is 29.1. The van der Waals surface area contributed by atoms with Crippen LogP contribution in [-0.2, 0) is 0 Å². The number of carbonyl (C=O) groups is 1. The number of pyridine rings is 2. The van der Waals surface area contributed by atoms with Gasteiger partial charge in [0.05, 0.1) is 11.3 Å². The molecule has 3 heterocycles. The van der Waals surface area contributed by atoms with Crippen LogP contribution in [0.5, 0.6) is 5.88 Å². The SMILES string of the molecule is Cc1ccc(NC(=O)c2ccc(O)nc2)cc1Nc1nccc(-c2cccnc2)n1. The van der Waals surface area contributed by atoms with E-state index in [1.54, 1.807) is 30.7 Å². The molecule has 0 saturated heterocycles. The number of aryl methyl sites for hydroxylation is 1. The molecule has 0 saturated carbocycles. The van der Waals surface area contributed by atoms with Gasteiger partial charge in [-0.1, -0.05) is 6.07 Å². The van der Waals surface area contributed by atoms with Crippen LogP contribution in [0.25, 0.3) is 11.3 Å². The van der Waals surface area contributed by atoms with E-state index in [9.17, 15) is 9.90 Å². The van der Waals surface area contributed by atoms with Crippen molar-refractivity contribution in [2.24, 2.45) is 0 Å². The standard InChI is InChI=1S/C22H18N6O2/c1-14-4-6-17(26-21(30)16-5-7-20(29)25-13-16)11-19(14)28-22-24-10-8-18(27-22)15-3-2-9-23-12-15/h2-13H,1H3,(H,25,29)(H,26,30)(H,24,27,28). The second-order valence-corrected chi connectivity index (χ2v) is 6.52. The van der Waals surface area contributed by atoms with E-state index in [0.717, 1.165) is 22.5 Å². The number of anilines is 3. The number of hydrogen-bond donors (Lipinski definition) is 3. The minimum atomic E-state index is -0.327. The molecule has 0 aliphatic heterocycles. The summed E-state index contributed by atoms with van der Waals surface area (Å²) in [6, 6.07) is 14.0. The van der Waals surface area contributed by atoms with Crippen LogP contribution < -0.4 is 10.6 Å². The van der Waals surface area contributed by atoms with Gasteiger partial charge in [-0.05, 0) is 48.9 Å². The zero-order chi connectivity index (χ0) is 20.9. The number of carbonyl (C=O) groups excluding carboxylic acids is 1. The topological polar surface area (TPSA) is 113 Å². The average Bonchev–Trinajstić information content (AvgIpc) is 2.77. The van der Waals surface area contributed by atoms with Crippen LogP contribution in [0.4, 0.5) is 17.3 Å². The molecule has 0 spiro atoms. The third kappa shape index (κ3) is 4.39. The molecule has 8 nitrogen and oxygen atoms in total. The van der Waals surface area contributed by atoms with E-state index in [1.807, 2.05) is 31.2 Å². The molecule has 0 bridgehead atoms. The molecule has 1 amide bonds. The summed E-state index contributed by atoms with van der Waals surface area (Å²) in [5.74, 6) is -0.0281. The lowest BCUT2D eigenvalue weighted by atomic mass is 10.1. The number of nitrogens with zero attached hydrogens (tertiary/aromatic N) is 4. The van der Waals surface area contributed by atoms with E-state index in [1.165, 1.54) is 18.3 Å². The number of aromatic nitrogens is 4. The highest BCUT2D eigenvalue weighted by molar-refractivity contribution is 6.04. The highest BCUT2D eigenvalue weighted by Gasteiger charge is 2.09. The van der Waals surface area contributed by atoms with Gasteiger partial charge in [-0.15, -0.1) is 0 Å². The fourth-order valence-electron chi connectivity index (χ4n) is 2.77. The van der Waals surface area contributed by atoms with E-state index < -0.39 is 0 Å². The molecule has 0 fully saturated rings.